The maximum absolute atomic E-state index is 4.65. The summed E-state index contributed by atoms with van der Waals surface area (Å²) in [6, 6.07) is 2.52. The van der Waals surface area contributed by atoms with E-state index in [2.05, 4.69) is 41.4 Å². The van der Waals surface area contributed by atoms with Crippen LogP contribution in [0.2, 0.25) is 0 Å². The number of rotatable bonds is 7. The summed E-state index contributed by atoms with van der Waals surface area (Å²) in [5, 5.41) is 6.80. The van der Waals surface area contributed by atoms with E-state index in [1.54, 1.807) is 0 Å². The summed E-state index contributed by atoms with van der Waals surface area (Å²) in [5.74, 6) is 3.51. The molecule has 100 valence electrons. The highest BCUT2D eigenvalue weighted by Gasteiger charge is 2.27. The minimum absolute atomic E-state index is 0.501. The summed E-state index contributed by atoms with van der Waals surface area (Å²) < 4.78 is 0. The molecule has 0 atom stereocenters. The van der Waals surface area contributed by atoms with Crippen molar-refractivity contribution in [2.75, 3.05) is 17.2 Å². The first-order valence-corrected chi connectivity index (χ1v) is 7.16. The van der Waals surface area contributed by atoms with Gasteiger partial charge < -0.3 is 10.6 Å². The lowest BCUT2D eigenvalue weighted by Gasteiger charge is -2.17. The molecule has 0 aliphatic heterocycles. The molecule has 4 heteroatoms. The molecule has 0 saturated heterocycles. The second-order valence-corrected chi connectivity index (χ2v) is 4.96. The minimum Gasteiger partial charge on any atom is -0.370 e. The Kier molecular flexibility index (Phi) is 4.39. The molecule has 2 rings (SSSR count). The molecular formula is C14H24N4. The Hall–Kier alpha value is -1.32. The summed E-state index contributed by atoms with van der Waals surface area (Å²) in [5.41, 5.74) is 0. The molecule has 0 aromatic carbocycles. The van der Waals surface area contributed by atoms with E-state index in [-0.39, 0.29) is 0 Å². The van der Waals surface area contributed by atoms with Crippen LogP contribution in [0.3, 0.4) is 0 Å². The molecule has 1 fully saturated rings. The molecule has 0 spiro atoms. The number of hydrogen-bond donors (Lipinski definition) is 2. The predicted octanol–water partition coefficient (Wildman–Crippen LogP) is 3.39. The van der Waals surface area contributed by atoms with Crippen LogP contribution in [-0.4, -0.2) is 22.6 Å². The minimum atomic E-state index is 0.501. The predicted molar refractivity (Wildman–Crippen MR) is 76.2 cm³/mol. The molecule has 0 unspecified atom stereocenters. The van der Waals surface area contributed by atoms with Gasteiger partial charge in [0.2, 0.25) is 0 Å². The topological polar surface area (TPSA) is 49.8 Å². The standard InChI is InChI=1S/C14H24N4/c1-4-11(5-2)16-13-9-12(15-6-3)17-14(18-13)10-7-8-10/h9-11H,4-8H2,1-3H3,(H2,15,16,17,18). The highest BCUT2D eigenvalue weighted by atomic mass is 15.1. The average Bonchev–Trinajstić information content (AvgIpc) is 3.20. The summed E-state index contributed by atoms with van der Waals surface area (Å²) in [4.78, 5) is 9.23. The molecule has 18 heavy (non-hydrogen) atoms. The molecule has 1 heterocycles. The lowest BCUT2D eigenvalue weighted by atomic mass is 10.2. The molecule has 4 nitrogen and oxygen atoms in total. The third kappa shape index (κ3) is 3.34. The first kappa shape index (κ1) is 13.1. The van der Waals surface area contributed by atoms with E-state index >= 15 is 0 Å². The first-order valence-electron chi connectivity index (χ1n) is 7.16. The molecule has 1 saturated carbocycles. The molecule has 1 aliphatic rings. The van der Waals surface area contributed by atoms with Crippen LogP contribution in [-0.2, 0) is 0 Å². The van der Waals surface area contributed by atoms with Crippen LogP contribution in [0.25, 0.3) is 0 Å². The van der Waals surface area contributed by atoms with Crippen LogP contribution in [0, 0.1) is 0 Å². The van der Waals surface area contributed by atoms with Crippen molar-refractivity contribution in [3.8, 4) is 0 Å². The van der Waals surface area contributed by atoms with Crippen LogP contribution in [0.15, 0.2) is 6.07 Å². The largest absolute Gasteiger partial charge is 0.370 e. The zero-order valence-corrected chi connectivity index (χ0v) is 11.7. The Balaban J connectivity index is 2.16. The quantitative estimate of drug-likeness (QED) is 0.776. The van der Waals surface area contributed by atoms with Crippen LogP contribution >= 0.6 is 0 Å². The molecule has 0 bridgehead atoms. The lowest BCUT2D eigenvalue weighted by molar-refractivity contribution is 0.667. The Morgan fingerprint density at radius 2 is 1.83 bits per heavy atom. The molecule has 1 aromatic rings. The van der Waals surface area contributed by atoms with Gasteiger partial charge in [0.1, 0.15) is 17.5 Å². The van der Waals surface area contributed by atoms with Crippen molar-refractivity contribution < 1.29 is 0 Å². The number of hydrogen-bond acceptors (Lipinski definition) is 4. The third-order valence-electron chi connectivity index (χ3n) is 3.38. The highest BCUT2D eigenvalue weighted by Crippen LogP contribution is 2.38. The second-order valence-electron chi connectivity index (χ2n) is 4.96. The fourth-order valence-corrected chi connectivity index (χ4v) is 2.04. The summed E-state index contributed by atoms with van der Waals surface area (Å²) in [7, 11) is 0. The van der Waals surface area contributed by atoms with E-state index < -0.39 is 0 Å². The molecule has 1 aromatic heterocycles. The molecule has 2 N–H and O–H groups in total. The molecular weight excluding hydrogens is 224 g/mol. The van der Waals surface area contributed by atoms with Crippen LogP contribution in [0.4, 0.5) is 11.6 Å². The second kappa shape index (κ2) is 6.03. The number of aromatic nitrogens is 2. The SMILES string of the molecule is CCNc1cc(NC(CC)CC)nc(C2CC2)n1. The summed E-state index contributed by atoms with van der Waals surface area (Å²) >= 11 is 0. The Morgan fingerprint density at radius 3 is 2.39 bits per heavy atom. The average molecular weight is 248 g/mol. The van der Waals surface area contributed by atoms with E-state index in [4.69, 9.17) is 0 Å². The van der Waals surface area contributed by atoms with Gasteiger partial charge in [-0.15, -0.1) is 0 Å². The zero-order chi connectivity index (χ0) is 13.0. The van der Waals surface area contributed by atoms with Gasteiger partial charge in [-0.1, -0.05) is 13.8 Å². The monoisotopic (exact) mass is 248 g/mol. The van der Waals surface area contributed by atoms with Gasteiger partial charge in [-0.3, -0.25) is 0 Å². The van der Waals surface area contributed by atoms with Crippen molar-refractivity contribution in [3.63, 3.8) is 0 Å². The van der Waals surface area contributed by atoms with Crippen LogP contribution in [0.1, 0.15) is 58.2 Å². The maximum atomic E-state index is 4.65. The maximum Gasteiger partial charge on any atom is 0.136 e. The molecule has 0 radical (unpaired) electrons. The zero-order valence-electron chi connectivity index (χ0n) is 11.7. The van der Waals surface area contributed by atoms with Crippen molar-refractivity contribution in [2.24, 2.45) is 0 Å². The summed E-state index contributed by atoms with van der Waals surface area (Å²) in [6.07, 6.45) is 4.71. The van der Waals surface area contributed by atoms with E-state index in [0.717, 1.165) is 36.8 Å². The third-order valence-corrected chi connectivity index (χ3v) is 3.38. The van der Waals surface area contributed by atoms with E-state index in [9.17, 15) is 0 Å². The van der Waals surface area contributed by atoms with Gasteiger partial charge in [0, 0.05) is 24.6 Å². The molecule has 0 amide bonds. The summed E-state index contributed by atoms with van der Waals surface area (Å²) in [6.45, 7) is 7.39. The highest BCUT2D eigenvalue weighted by molar-refractivity contribution is 5.48. The van der Waals surface area contributed by atoms with Crippen molar-refractivity contribution in [1.82, 2.24) is 9.97 Å². The fourth-order valence-electron chi connectivity index (χ4n) is 2.04. The van der Waals surface area contributed by atoms with Gasteiger partial charge in [-0.2, -0.15) is 0 Å². The van der Waals surface area contributed by atoms with Crippen molar-refractivity contribution in [3.05, 3.63) is 11.9 Å². The van der Waals surface area contributed by atoms with E-state index in [1.165, 1.54) is 12.8 Å². The van der Waals surface area contributed by atoms with Crippen LogP contribution < -0.4 is 10.6 Å². The van der Waals surface area contributed by atoms with Gasteiger partial charge in [-0.05, 0) is 32.6 Å². The van der Waals surface area contributed by atoms with Gasteiger partial charge >= 0.3 is 0 Å². The van der Waals surface area contributed by atoms with Gasteiger partial charge in [0.25, 0.3) is 0 Å². The first-order chi connectivity index (χ1) is 8.76. The van der Waals surface area contributed by atoms with Crippen molar-refractivity contribution in [1.29, 1.82) is 0 Å². The lowest BCUT2D eigenvalue weighted by Crippen LogP contribution is -2.18. The van der Waals surface area contributed by atoms with Gasteiger partial charge in [-0.25, -0.2) is 9.97 Å². The Morgan fingerprint density at radius 1 is 1.17 bits per heavy atom. The van der Waals surface area contributed by atoms with Gasteiger partial charge in [0.05, 0.1) is 0 Å². The van der Waals surface area contributed by atoms with E-state index in [0.29, 0.717) is 12.0 Å². The van der Waals surface area contributed by atoms with E-state index in [1.807, 2.05) is 6.07 Å². The van der Waals surface area contributed by atoms with Crippen molar-refractivity contribution >= 4 is 11.6 Å². The number of anilines is 2. The van der Waals surface area contributed by atoms with Gasteiger partial charge in [0.15, 0.2) is 0 Å². The smallest absolute Gasteiger partial charge is 0.136 e. The molecule has 1 aliphatic carbocycles. The fraction of sp³-hybridized carbons (Fsp3) is 0.714. The number of nitrogens with one attached hydrogen (secondary N) is 2. The van der Waals surface area contributed by atoms with Crippen molar-refractivity contribution in [2.45, 2.75) is 58.4 Å². The normalized spacial score (nSPS) is 14.9. The number of nitrogens with zero attached hydrogens (tertiary/aromatic N) is 2. The Labute approximate surface area is 110 Å². The van der Waals surface area contributed by atoms with Crippen LogP contribution in [0.5, 0.6) is 0 Å². The Bertz CT molecular complexity index is 383.